The van der Waals surface area contributed by atoms with Crippen molar-refractivity contribution < 1.29 is 4.79 Å². The monoisotopic (exact) mass is 368 g/mol. The largest absolute Gasteiger partial charge is 0.338 e. The summed E-state index contributed by atoms with van der Waals surface area (Å²) in [6.45, 7) is 5.80. The van der Waals surface area contributed by atoms with E-state index in [9.17, 15) is 4.79 Å². The van der Waals surface area contributed by atoms with Gasteiger partial charge >= 0.3 is 6.03 Å². The van der Waals surface area contributed by atoms with Crippen LogP contribution in [0, 0.1) is 5.92 Å². The first-order chi connectivity index (χ1) is 12.6. The third-order valence-corrected chi connectivity index (χ3v) is 6.90. The van der Waals surface area contributed by atoms with Crippen molar-refractivity contribution in [3.63, 3.8) is 0 Å². The molecule has 1 aliphatic heterocycles. The number of fused-ring (bicyclic) bond motifs is 3. The Morgan fingerprint density at radius 1 is 1.15 bits per heavy atom. The van der Waals surface area contributed by atoms with Gasteiger partial charge in [0.05, 0.1) is 6.04 Å². The number of carbonyl (C=O) groups is 1. The molecule has 0 spiro atoms. The van der Waals surface area contributed by atoms with E-state index in [-0.39, 0.29) is 12.1 Å². The number of thiophene rings is 1. The van der Waals surface area contributed by atoms with Crippen molar-refractivity contribution in [2.45, 2.75) is 52.0 Å². The molecule has 0 saturated carbocycles. The normalized spacial score (nSPS) is 19.2. The molecule has 1 aliphatic carbocycles. The Bertz CT molecular complexity index is 781. The number of aryl methyl sites for hydroxylation is 1. The van der Waals surface area contributed by atoms with E-state index in [2.05, 4.69) is 54.4 Å². The molecule has 2 amide bonds. The van der Waals surface area contributed by atoms with Crippen molar-refractivity contribution in [1.29, 1.82) is 0 Å². The van der Waals surface area contributed by atoms with Crippen LogP contribution in [0.2, 0.25) is 0 Å². The Kier molecular flexibility index (Phi) is 5.03. The summed E-state index contributed by atoms with van der Waals surface area (Å²) in [5.41, 5.74) is 4.39. The smallest absolute Gasteiger partial charge is 0.318 e. The number of hydrogen-bond acceptors (Lipinski definition) is 2. The van der Waals surface area contributed by atoms with E-state index in [1.54, 1.807) is 16.0 Å². The van der Waals surface area contributed by atoms with Crippen LogP contribution in [0.1, 0.15) is 59.2 Å². The lowest BCUT2D eigenvalue weighted by molar-refractivity contribution is 0.180. The summed E-state index contributed by atoms with van der Waals surface area (Å²) in [7, 11) is 0. The lowest BCUT2D eigenvalue weighted by Gasteiger charge is -2.36. The van der Waals surface area contributed by atoms with Gasteiger partial charge in [-0.3, -0.25) is 0 Å². The molecule has 4 rings (SSSR count). The van der Waals surface area contributed by atoms with Crippen LogP contribution in [0.3, 0.4) is 0 Å². The number of benzene rings is 1. The van der Waals surface area contributed by atoms with E-state index >= 15 is 0 Å². The molecule has 0 bridgehead atoms. The quantitative estimate of drug-likeness (QED) is 0.818. The van der Waals surface area contributed by atoms with Gasteiger partial charge in [0.1, 0.15) is 0 Å². The highest BCUT2D eigenvalue weighted by molar-refractivity contribution is 7.12. The average Bonchev–Trinajstić information content (AvgIpc) is 3.04. The maximum Gasteiger partial charge on any atom is 0.318 e. The first-order valence-corrected chi connectivity index (χ1v) is 10.7. The van der Waals surface area contributed by atoms with E-state index in [1.807, 2.05) is 11.3 Å². The van der Waals surface area contributed by atoms with Crippen molar-refractivity contribution in [2.75, 3.05) is 13.1 Å². The molecule has 1 aromatic heterocycles. The first-order valence-electron chi connectivity index (χ1n) is 9.88. The van der Waals surface area contributed by atoms with E-state index in [1.165, 1.54) is 36.1 Å². The van der Waals surface area contributed by atoms with Crippen LogP contribution in [-0.2, 0) is 19.3 Å². The Balaban J connectivity index is 1.72. The number of hydrogen-bond donors (Lipinski definition) is 1. The van der Waals surface area contributed by atoms with E-state index in [0.29, 0.717) is 5.92 Å². The molecule has 1 aromatic carbocycles. The highest BCUT2D eigenvalue weighted by Crippen LogP contribution is 2.44. The highest BCUT2D eigenvalue weighted by atomic mass is 32.1. The van der Waals surface area contributed by atoms with E-state index in [4.69, 9.17) is 0 Å². The van der Waals surface area contributed by atoms with E-state index in [0.717, 1.165) is 19.5 Å². The number of amides is 2. The highest BCUT2D eigenvalue weighted by Gasteiger charge is 2.36. The van der Waals surface area contributed by atoms with Gasteiger partial charge < -0.3 is 10.2 Å². The zero-order valence-corrected chi connectivity index (χ0v) is 16.6. The van der Waals surface area contributed by atoms with Crippen LogP contribution in [0.25, 0.3) is 0 Å². The summed E-state index contributed by atoms with van der Waals surface area (Å²) in [4.78, 5) is 18.0. The average molecular weight is 369 g/mol. The number of nitrogens with zero attached hydrogens (tertiary/aromatic N) is 1. The lowest BCUT2D eigenvalue weighted by atomic mass is 9.88. The Hall–Kier alpha value is -1.81. The van der Waals surface area contributed by atoms with Crippen LogP contribution >= 0.6 is 11.3 Å². The van der Waals surface area contributed by atoms with Crippen LogP contribution in [0.5, 0.6) is 0 Å². The zero-order chi connectivity index (χ0) is 18.1. The summed E-state index contributed by atoms with van der Waals surface area (Å²) < 4.78 is 0. The minimum Gasteiger partial charge on any atom is -0.338 e. The SMILES string of the molecule is CC(C)CNC(=O)N1CCc2c(sc3c2CCCC3)[C@H]1c1ccccc1. The molecule has 0 radical (unpaired) electrons. The minimum absolute atomic E-state index is 0.0581. The van der Waals surface area contributed by atoms with Crippen molar-refractivity contribution in [1.82, 2.24) is 10.2 Å². The van der Waals surface area contributed by atoms with E-state index < -0.39 is 0 Å². The lowest BCUT2D eigenvalue weighted by Crippen LogP contribution is -2.46. The first kappa shape index (κ1) is 17.6. The molecule has 1 N–H and O–H groups in total. The Morgan fingerprint density at radius 2 is 1.92 bits per heavy atom. The summed E-state index contributed by atoms with van der Waals surface area (Å²) >= 11 is 1.96. The Morgan fingerprint density at radius 3 is 2.69 bits per heavy atom. The van der Waals surface area contributed by atoms with Crippen molar-refractivity contribution in [3.05, 3.63) is 56.8 Å². The zero-order valence-electron chi connectivity index (χ0n) is 15.8. The molecule has 26 heavy (non-hydrogen) atoms. The summed E-state index contributed by atoms with van der Waals surface area (Å²) in [6, 6.07) is 10.7. The molecule has 2 aromatic rings. The second-order valence-electron chi connectivity index (χ2n) is 7.89. The summed E-state index contributed by atoms with van der Waals surface area (Å²) in [5.74, 6) is 0.462. The molecule has 2 heterocycles. The fraction of sp³-hybridized carbons (Fsp3) is 0.500. The van der Waals surface area contributed by atoms with Gasteiger partial charge in [-0.05, 0) is 54.7 Å². The van der Waals surface area contributed by atoms with Gasteiger partial charge in [-0.1, -0.05) is 44.2 Å². The van der Waals surface area contributed by atoms with Gasteiger partial charge in [0.2, 0.25) is 0 Å². The second kappa shape index (κ2) is 7.43. The maximum absolute atomic E-state index is 13.0. The van der Waals surface area contributed by atoms with Crippen molar-refractivity contribution in [3.8, 4) is 0 Å². The van der Waals surface area contributed by atoms with Crippen LogP contribution in [0.15, 0.2) is 30.3 Å². The Labute approximate surface area is 160 Å². The predicted octanol–water partition coefficient (Wildman–Crippen LogP) is 4.94. The molecule has 3 nitrogen and oxygen atoms in total. The van der Waals surface area contributed by atoms with Gasteiger partial charge in [0.15, 0.2) is 0 Å². The van der Waals surface area contributed by atoms with Gasteiger partial charge in [0, 0.05) is 22.8 Å². The predicted molar refractivity (Wildman–Crippen MR) is 108 cm³/mol. The van der Waals surface area contributed by atoms with Gasteiger partial charge in [-0.25, -0.2) is 4.79 Å². The standard InChI is InChI=1S/C22H28N2OS/c1-15(2)14-23-22(25)24-13-12-18-17-10-6-7-11-19(17)26-21(18)20(24)16-8-4-3-5-9-16/h3-5,8-9,15,20H,6-7,10-14H2,1-2H3,(H,23,25)/t20-/m1/s1. The number of nitrogens with one attached hydrogen (secondary N) is 1. The molecule has 138 valence electrons. The molecule has 0 unspecified atom stereocenters. The fourth-order valence-corrected chi connectivity index (χ4v) is 5.81. The molecule has 0 saturated heterocycles. The van der Waals surface area contributed by atoms with Crippen molar-refractivity contribution in [2.24, 2.45) is 5.92 Å². The van der Waals surface area contributed by atoms with Crippen LogP contribution < -0.4 is 5.32 Å². The number of carbonyl (C=O) groups excluding carboxylic acids is 1. The topological polar surface area (TPSA) is 32.3 Å². The summed E-state index contributed by atoms with van der Waals surface area (Å²) in [6.07, 6.45) is 6.06. The number of rotatable bonds is 3. The minimum atomic E-state index is 0.0581. The molecule has 4 heteroatoms. The fourth-order valence-electron chi connectivity index (χ4n) is 4.23. The van der Waals surface area contributed by atoms with Crippen LogP contribution in [0.4, 0.5) is 4.79 Å². The van der Waals surface area contributed by atoms with Gasteiger partial charge in [-0.2, -0.15) is 0 Å². The number of urea groups is 1. The van der Waals surface area contributed by atoms with Crippen LogP contribution in [-0.4, -0.2) is 24.0 Å². The molecule has 0 fully saturated rings. The van der Waals surface area contributed by atoms with Crippen molar-refractivity contribution >= 4 is 17.4 Å². The molecule has 2 aliphatic rings. The summed E-state index contributed by atoms with van der Waals surface area (Å²) in [5, 5.41) is 3.14. The van der Waals surface area contributed by atoms with Gasteiger partial charge in [0.25, 0.3) is 0 Å². The van der Waals surface area contributed by atoms with Gasteiger partial charge in [-0.15, -0.1) is 11.3 Å². The molecular weight excluding hydrogens is 340 g/mol. The maximum atomic E-state index is 13.0. The third-order valence-electron chi connectivity index (χ3n) is 5.51. The third kappa shape index (κ3) is 3.27. The second-order valence-corrected chi connectivity index (χ2v) is 9.03. The molecule has 1 atom stereocenters. The molecular formula is C22H28N2OS.